The highest BCUT2D eigenvalue weighted by atomic mass is 16.5. The van der Waals surface area contributed by atoms with Crippen molar-refractivity contribution in [1.29, 1.82) is 0 Å². The largest absolute Gasteiger partial charge is 0.493 e. The highest BCUT2D eigenvalue weighted by Crippen LogP contribution is 2.27. The number of aromatic amines is 1. The molecule has 0 amide bonds. The summed E-state index contributed by atoms with van der Waals surface area (Å²) in [5.74, 6) is 1.49. The topological polar surface area (TPSA) is 59.2 Å². The normalized spacial score (nSPS) is 10.3. The van der Waals surface area contributed by atoms with Crippen molar-refractivity contribution in [1.82, 2.24) is 15.5 Å². The van der Waals surface area contributed by atoms with Gasteiger partial charge in [-0.05, 0) is 23.8 Å². The number of ether oxygens (including phenoxy) is 2. The Labute approximate surface area is 106 Å². The minimum absolute atomic E-state index is 0.745. The molecule has 5 nitrogen and oxygen atoms in total. The van der Waals surface area contributed by atoms with Gasteiger partial charge in [0.25, 0.3) is 0 Å². The van der Waals surface area contributed by atoms with E-state index in [1.807, 2.05) is 24.3 Å². The lowest BCUT2D eigenvalue weighted by Crippen LogP contribution is -2.13. The first-order chi connectivity index (χ1) is 8.83. The minimum Gasteiger partial charge on any atom is -0.493 e. The van der Waals surface area contributed by atoms with E-state index in [1.54, 1.807) is 20.4 Å². The molecule has 96 valence electrons. The maximum atomic E-state index is 5.26. The second kappa shape index (κ2) is 6.07. The third kappa shape index (κ3) is 3.01. The fraction of sp³-hybridized carbons (Fsp3) is 0.308. The van der Waals surface area contributed by atoms with Crippen LogP contribution in [-0.2, 0) is 13.1 Å². The molecule has 0 aliphatic rings. The van der Waals surface area contributed by atoms with Crippen LogP contribution in [0, 0.1) is 0 Å². The molecule has 0 bridgehead atoms. The zero-order chi connectivity index (χ0) is 12.8. The smallest absolute Gasteiger partial charge is 0.161 e. The quantitative estimate of drug-likeness (QED) is 0.816. The number of rotatable bonds is 6. The fourth-order valence-electron chi connectivity index (χ4n) is 1.72. The third-order valence-corrected chi connectivity index (χ3v) is 2.65. The molecule has 5 heteroatoms. The summed E-state index contributed by atoms with van der Waals surface area (Å²) in [7, 11) is 3.27. The summed E-state index contributed by atoms with van der Waals surface area (Å²) < 4.78 is 10.5. The van der Waals surface area contributed by atoms with Crippen LogP contribution in [-0.4, -0.2) is 24.4 Å². The molecule has 1 aromatic heterocycles. The molecular formula is C13H17N3O2. The van der Waals surface area contributed by atoms with Gasteiger partial charge in [0.15, 0.2) is 11.5 Å². The van der Waals surface area contributed by atoms with Gasteiger partial charge in [-0.1, -0.05) is 6.07 Å². The van der Waals surface area contributed by atoms with Gasteiger partial charge in [0.2, 0.25) is 0 Å². The first-order valence-corrected chi connectivity index (χ1v) is 5.73. The first-order valence-electron chi connectivity index (χ1n) is 5.73. The molecule has 2 rings (SSSR count). The van der Waals surface area contributed by atoms with Gasteiger partial charge in [-0.15, -0.1) is 0 Å². The van der Waals surface area contributed by atoms with E-state index in [0.717, 1.165) is 35.8 Å². The number of H-pyrrole nitrogens is 1. The Balaban J connectivity index is 1.93. The van der Waals surface area contributed by atoms with Gasteiger partial charge in [0.05, 0.1) is 14.2 Å². The van der Waals surface area contributed by atoms with Crippen LogP contribution in [0.3, 0.4) is 0 Å². The van der Waals surface area contributed by atoms with Crippen LogP contribution < -0.4 is 14.8 Å². The third-order valence-electron chi connectivity index (χ3n) is 2.65. The first kappa shape index (κ1) is 12.4. The molecule has 0 saturated heterocycles. The molecule has 2 N–H and O–H groups in total. The van der Waals surface area contributed by atoms with Crippen LogP contribution in [0.4, 0.5) is 0 Å². The molecule has 0 unspecified atom stereocenters. The number of nitrogens with one attached hydrogen (secondary N) is 2. The van der Waals surface area contributed by atoms with Crippen LogP contribution >= 0.6 is 0 Å². The van der Waals surface area contributed by atoms with E-state index in [2.05, 4.69) is 15.5 Å². The van der Waals surface area contributed by atoms with Gasteiger partial charge in [-0.25, -0.2) is 0 Å². The van der Waals surface area contributed by atoms with Gasteiger partial charge in [-0.2, -0.15) is 5.10 Å². The molecule has 0 aliphatic carbocycles. The molecular weight excluding hydrogens is 230 g/mol. The predicted octanol–water partition coefficient (Wildman–Crippen LogP) is 1.72. The molecule has 0 atom stereocenters. The Kier molecular flexibility index (Phi) is 4.20. The zero-order valence-electron chi connectivity index (χ0n) is 10.6. The van der Waals surface area contributed by atoms with Crippen molar-refractivity contribution < 1.29 is 9.47 Å². The average molecular weight is 247 g/mol. The fourth-order valence-corrected chi connectivity index (χ4v) is 1.72. The molecule has 1 aromatic carbocycles. The number of hydrogen-bond acceptors (Lipinski definition) is 4. The molecule has 0 aliphatic heterocycles. The molecule has 0 radical (unpaired) electrons. The average Bonchev–Trinajstić information content (AvgIpc) is 2.91. The van der Waals surface area contributed by atoms with Gasteiger partial charge in [0, 0.05) is 25.0 Å². The Morgan fingerprint density at radius 2 is 1.94 bits per heavy atom. The SMILES string of the molecule is COc1ccc(CNCc2ccn[nH]2)cc1OC. The summed E-state index contributed by atoms with van der Waals surface area (Å²) >= 11 is 0. The van der Waals surface area contributed by atoms with E-state index in [9.17, 15) is 0 Å². The van der Waals surface area contributed by atoms with Gasteiger partial charge in [-0.3, -0.25) is 5.10 Å². The lowest BCUT2D eigenvalue weighted by Gasteiger charge is -2.10. The van der Waals surface area contributed by atoms with Crippen molar-refractivity contribution in [3.05, 3.63) is 41.7 Å². The van der Waals surface area contributed by atoms with Crippen molar-refractivity contribution in [2.24, 2.45) is 0 Å². The summed E-state index contributed by atoms with van der Waals surface area (Å²) in [6.07, 6.45) is 1.74. The van der Waals surface area contributed by atoms with Gasteiger partial charge >= 0.3 is 0 Å². The molecule has 0 fully saturated rings. The van der Waals surface area contributed by atoms with Crippen molar-refractivity contribution in [2.45, 2.75) is 13.1 Å². The number of aromatic nitrogens is 2. The number of nitrogens with zero attached hydrogens (tertiary/aromatic N) is 1. The molecule has 0 spiro atoms. The van der Waals surface area contributed by atoms with Crippen molar-refractivity contribution >= 4 is 0 Å². The van der Waals surface area contributed by atoms with Crippen LogP contribution in [0.1, 0.15) is 11.3 Å². The lowest BCUT2D eigenvalue weighted by molar-refractivity contribution is 0.354. The van der Waals surface area contributed by atoms with Crippen molar-refractivity contribution in [3.8, 4) is 11.5 Å². The summed E-state index contributed by atoms with van der Waals surface area (Å²) in [6.45, 7) is 1.52. The number of methoxy groups -OCH3 is 2. The van der Waals surface area contributed by atoms with Gasteiger partial charge < -0.3 is 14.8 Å². The van der Waals surface area contributed by atoms with Crippen molar-refractivity contribution in [2.75, 3.05) is 14.2 Å². The number of benzene rings is 1. The van der Waals surface area contributed by atoms with Crippen molar-refractivity contribution in [3.63, 3.8) is 0 Å². The summed E-state index contributed by atoms with van der Waals surface area (Å²) in [4.78, 5) is 0. The van der Waals surface area contributed by atoms with E-state index < -0.39 is 0 Å². The highest BCUT2D eigenvalue weighted by Gasteiger charge is 2.04. The van der Waals surface area contributed by atoms with E-state index >= 15 is 0 Å². The monoisotopic (exact) mass is 247 g/mol. The Bertz CT molecular complexity index is 483. The van der Waals surface area contributed by atoms with Crippen LogP contribution in [0.2, 0.25) is 0 Å². The van der Waals surface area contributed by atoms with Crippen LogP contribution in [0.25, 0.3) is 0 Å². The van der Waals surface area contributed by atoms with E-state index in [4.69, 9.17) is 9.47 Å². The second-order valence-corrected chi connectivity index (χ2v) is 3.87. The van der Waals surface area contributed by atoms with Gasteiger partial charge in [0.1, 0.15) is 0 Å². The molecule has 2 aromatic rings. The summed E-state index contributed by atoms with van der Waals surface area (Å²) in [5.41, 5.74) is 2.21. The minimum atomic E-state index is 0.745. The van der Waals surface area contributed by atoms with E-state index in [1.165, 1.54) is 0 Å². The molecule has 18 heavy (non-hydrogen) atoms. The molecule has 0 saturated carbocycles. The summed E-state index contributed by atoms with van der Waals surface area (Å²) in [5, 5.41) is 10.1. The maximum Gasteiger partial charge on any atom is 0.161 e. The molecule has 1 heterocycles. The Hall–Kier alpha value is -2.01. The van der Waals surface area contributed by atoms with Crippen LogP contribution in [0.5, 0.6) is 11.5 Å². The zero-order valence-corrected chi connectivity index (χ0v) is 10.6. The lowest BCUT2D eigenvalue weighted by atomic mass is 10.2. The van der Waals surface area contributed by atoms with Crippen LogP contribution in [0.15, 0.2) is 30.5 Å². The van der Waals surface area contributed by atoms with E-state index in [0.29, 0.717) is 0 Å². The Morgan fingerprint density at radius 1 is 1.11 bits per heavy atom. The summed E-state index contributed by atoms with van der Waals surface area (Å²) in [6, 6.07) is 7.84. The predicted molar refractivity (Wildman–Crippen MR) is 68.7 cm³/mol. The standard InChI is InChI=1S/C13H17N3O2/c1-17-12-4-3-10(7-13(12)18-2)8-14-9-11-5-6-15-16-11/h3-7,14H,8-9H2,1-2H3,(H,15,16). The Morgan fingerprint density at radius 3 is 2.61 bits per heavy atom. The second-order valence-electron chi connectivity index (χ2n) is 3.87. The highest BCUT2D eigenvalue weighted by molar-refractivity contribution is 5.42. The number of hydrogen-bond donors (Lipinski definition) is 2. The maximum absolute atomic E-state index is 5.26. The van der Waals surface area contributed by atoms with E-state index in [-0.39, 0.29) is 0 Å².